The summed E-state index contributed by atoms with van der Waals surface area (Å²) in [6, 6.07) is 0.215. The molecule has 15 heavy (non-hydrogen) atoms. The Labute approximate surface area is 89.7 Å². The Bertz CT molecular complexity index is 383. The first-order chi connectivity index (χ1) is 7.08. The third-order valence-corrected chi connectivity index (χ3v) is 3.19. The third-order valence-electron chi connectivity index (χ3n) is 3.19. The van der Waals surface area contributed by atoms with Crippen LogP contribution < -0.4 is 0 Å². The van der Waals surface area contributed by atoms with Gasteiger partial charge in [-0.25, -0.2) is 9.67 Å². The van der Waals surface area contributed by atoms with E-state index in [1.807, 2.05) is 18.5 Å². The van der Waals surface area contributed by atoms with E-state index in [4.69, 9.17) is 0 Å². The minimum absolute atomic E-state index is 0.215. The van der Waals surface area contributed by atoms with Crippen molar-refractivity contribution in [3.05, 3.63) is 11.6 Å². The number of ketones is 1. The highest BCUT2D eigenvalue weighted by atomic mass is 16.1. The quantitative estimate of drug-likeness (QED) is 0.705. The monoisotopic (exact) mass is 207 g/mol. The molecule has 1 saturated carbocycles. The lowest BCUT2D eigenvalue weighted by atomic mass is 9.85. The Hall–Kier alpha value is -1.19. The van der Waals surface area contributed by atoms with E-state index in [0.29, 0.717) is 18.1 Å². The summed E-state index contributed by atoms with van der Waals surface area (Å²) < 4.78 is 1.93. The van der Waals surface area contributed by atoms with E-state index in [1.165, 1.54) is 0 Å². The molecule has 0 bridgehead atoms. The second-order valence-electron chi connectivity index (χ2n) is 4.48. The molecule has 0 amide bonds. The zero-order valence-corrected chi connectivity index (χ0v) is 9.53. The highest BCUT2D eigenvalue weighted by Gasteiger charge is 2.29. The fourth-order valence-corrected chi connectivity index (χ4v) is 2.30. The van der Waals surface area contributed by atoms with E-state index in [1.54, 1.807) is 0 Å². The molecule has 82 valence electrons. The molecular weight excluding hydrogens is 190 g/mol. The molecule has 4 nitrogen and oxygen atoms in total. The lowest BCUT2D eigenvalue weighted by molar-refractivity contribution is -0.122. The van der Waals surface area contributed by atoms with E-state index in [-0.39, 0.29) is 6.04 Å². The molecule has 1 fully saturated rings. The maximum Gasteiger partial charge on any atom is 0.147 e. The maximum absolute atomic E-state index is 11.4. The van der Waals surface area contributed by atoms with Gasteiger partial charge in [-0.3, -0.25) is 4.79 Å². The van der Waals surface area contributed by atoms with Gasteiger partial charge in [-0.15, -0.1) is 0 Å². The van der Waals surface area contributed by atoms with Crippen LogP contribution in [0.15, 0.2) is 0 Å². The number of rotatable bonds is 1. The van der Waals surface area contributed by atoms with Crippen molar-refractivity contribution in [2.75, 3.05) is 0 Å². The van der Waals surface area contributed by atoms with Gasteiger partial charge < -0.3 is 0 Å². The predicted octanol–water partition coefficient (Wildman–Crippen LogP) is 1.83. The van der Waals surface area contributed by atoms with Crippen LogP contribution in [0.3, 0.4) is 0 Å². The molecule has 2 unspecified atom stereocenters. The Morgan fingerprint density at radius 3 is 2.73 bits per heavy atom. The molecular formula is C11H17N3O. The molecule has 0 saturated heterocycles. The summed E-state index contributed by atoms with van der Waals surface area (Å²) in [5, 5.41) is 4.37. The van der Waals surface area contributed by atoms with E-state index in [0.717, 1.165) is 24.5 Å². The van der Waals surface area contributed by atoms with Crippen molar-refractivity contribution in [2.24, 2.45) is 5.92 Å². The highest BCUT2D eigenvalue weighted by molar-refractivity contribution is 5.79. The predicted molar refractivity (Wildman–Crippen MR) is 56.6 cm³/mol. The minimum atomic E-state index is 0.215. The van der Waals surface area contributed by atoms with Gasteiger partial charge in [0.1, 0.15) is 17.4 Å². The number of carbonyl (C=O) groups is 1. The first kappa shape index (κ1) is 10.3. The highest BCUT2D eigenvalue weighted by Crippen LogP contribution is 2.31. The van der Waals surface area contributed by atoms with E-state index < -0.39 is 0 Å². The molecule has 2 atom stereocenters. The van der Waals surface area contributed by atoms with Crippen LogP contribution in [-0.2, 0) is 4.79 Å². The molecule has 0 aromatic carbocycles. The Morgan fingerprint density at radius 1 is 1.40 bits per heavy atom. The van der Waals surface area contributed by atoms with Gasteiger partial charge in [0.25, 0.3) is 0 Å². The molecule has 4 heteroatoms. The summed E-state index contributed by atoms with van der Waals surface area (Å²) in [7, 11) is 0. The number of hydrogen-bond acceptors (Lipinski definition) is 3. The maximum atomic E-state index is 11.4. The molecule has 0 radical (unpaired) electrons. The van der Waals surface area contributed by atoms with Crippen LogP contribution in [0.4, 0.5) is 0 Å². The van der Waals surface area contributed by atoms with Crippen molar-refractivity contribution >= 4 is 5.78 Å². The van der Waals surface area contributed by atoms with Gasteiger partial charge in [0, 0.05) is 12.8 Å². The largest absolute Gasteiger partial charge is 0.300 e. The zero-order valence-electron chi connectivity index (χ0n) is 9.53. The van der Waals surface area contributed by atoms with Crippen LogP contribution >= 0.6 is 0 Å². The number of carbonyl (C=O) groups excluding carboxylic acids is 1. The first-order valence-electron chi connectivity index (χ1n) is 5.49. The summed E-state index contributed by atoms with van der Waals surface area (Å²) in [6.07, 6.45) is 2.32. The standard InChI is InChI=1S/C11H17N3O/c1-7-4-5-10(15)6-11(7)14-9(3)12-8(2)13-14/h7,11H,4-6H2,1-3H3. The van der Waals surface area contributed by atoms with Crippen molar-refractivity contribution in [1.82, 2.24) is 14.8 Å². The number of nitrogens with zero attached hydrogens (tertiary/aromatic N) is 3. The van der Waals surface area contributed by atoms with Gasteiger partial charge >= 0.3 is 0 Å². The van der Waals surface area contributed by atoms with Gasteiger partial charge in [-0.2, -0.15) is 5.10 Å². The van der Waals surface area contributed by atoms with E-state index in [2.05, 4.69) is 17.0 Å². The van der Waals surface area contributed by atoms with Crippen LogP contribution in [0, 0.1) is 19.8 Å². The van der Waals surface area contributed by atoms with Gasteiger partial charge in [0.2, 0.25) is 0 Å². The molecule has 0 N–H and O–H groups in total. The molecule has 1 aliphatic rings. The minimum Gasteiger partial charge on any atom is -0.300 e. The topological polar surface area (TPSA) is 47.8 Å². The van der Waals surface area contributed by atoms with Crippen LogP contribution in [-0.4, -0.2) is 20.5 Å². The molecule has 1 aliphatic carbocycles. The van der Waals surface area contributed by atoms with Crippen molar-refractivity contribution in [2.45, 2.75) is 46.1 Å². The van der Waals surface area contributed by atoms with Gasteiger partial charge in [0.15, 0.2) is 0 Å². The third kappa shape index (κ3) is 1.94. The van der Waals surface area contributed by atoms with E-state index >= 15 is 0 Å². The summed E-state index contributed by atoms with van der Waals surface area (Å²) in [5.41, 5.74) is 0. The van der Waals surface area contributed by atoms with Crippen molar-refractivity contribution in [3.63, 3.8) is 0 Å². The summed E-state index contributed by atoms with van der Waals surface area (Å²) in [4.78, 5) is 15.7. The Balaban J connectivity index is 2.28. The number of Topliss-reactive ketones (excluding diaryl/α,β-unsaturated/α-hetero) is 1. The van der Waals surface area contributed by atoms with Crippen LogP contribution in [0.1, 0.15) is 43.9 Å². The number of aromatic nitrogens is 3. The summed E-state index contributed by atoms with van der Waals surface area (Å²) in [5.74, 6) is 2.57. The van der Waals surface area contributed by atoms with Crippen LogP contribution in [0.2, 0.25) is 0 Å². The van der Waals surface area contributed by atoms with Gasteiger partial charge in [-0.1, -0.05) is 6.92 Å². The molecule has 0 spiro atoms. The summed E-state index contributed by atoms with van der Waals surface area (Å²) >= 11 is 0. The Morgan fingerprint density at radius 2 is 2.13 bits per heavy atom. The second-order valence-corrected chi connectivity index (χ2v) is 4.48. The van der Waals surface area contributed by atoms with Gasteiger partial charge in [0.05, 0.1) is 6.04 Å². The fraction of sp³-hybridized carbons (Fsp3) is 0.727. The number of hydrogen-bond donors (Lipinski definition) is 0. The fourth-order valence-electron chi connectivity index (χ4n) is 2.30. The smallest absolute Gasteiger partial charge is 0.147 e. The lowest BCUT2D eigenvalue weighted by Crippen LogP contribution is -2.27. The Kier molecular flexibility index (Phi) is 2.59. The molecule has 1 aromatic rings. The first-order valence-corrected chi connectivity index (χ1v) is 5.49. The van der Waals surface area contributed by atoms with Crippen molar-refractivity contribution in [3.8, 4) is 0 Å². The van der Waals surface area contributed by atoms with Crippen molar-refractivity contribution < 1.29 is 4.79 Å². The van der Waals surface area contributed by atoms with Gasteiger partial charge in [-0.05, 0) is 26.2 Å². The summed E-state index contributed by atoms with van der Waals surface area (Å²) in [6.45, 7) is 6.03. The molecule has 0 aliphatic heterocycles. The second kappa shape index (κ2) is 3.76. The lowest BCUT2D eigenvalue weighted by Gasteiger charge is -2.28. The average Bonchev–Trinajstić information content (AvgIpc) is 2.50. The molecule has 1 aromatic heterocycles. The SMILES string of the molecule is Cc1nc(C)n(C2CC(=O)CCC2C)n1. The van der Waals surface area contributed by atoms with Crippen molar-refractivity contribution in [1.29, 1.82) is 0 Å². The average molecular weight is 207 g/mol. The number of aryl methyl sites for hydroxylation is 2. The molecule has 2 rings (SSSR count). The van der Waals surface area contributed by atoms with Crippen LogP contribution in [0.5, 0.6) is 0 Å². The van der Waals surface area contributed by atoms with E-state index in [9.17, 15) is 4.79 Å². The molecule has 1 heterocycles. The normalized spacial score (nSPS) is 27.0. The zero-order chi connectivity index (χ0) is 11.0. The van der Waals surface area contributed by atoms with Crippen LogP contribution in [0.25, 0.3) is 0 Å².